The molecule has 0 fully saturated rings. The topological polar surface area (TPSA) is 29.0 Å². The lowest BCUT2D eigenvalue weighted by atomic mass is 9.65. The molecule has 3 heteroatoms. The molecule has 64 heavy (non-hydrogen) atoms. The Hall–Kier alpha value is -6.84. The number of aromatic nitrogens is 2. The number of aryl methyl sites for hydroxylation is 1. The van der Waals surface area contributed by atoms with Crippen molar-refractivity contribution < 1.29 is 0 Å². The maximum atomic E-state index is 5.32. The maximum absolute atomic E-state index is 5.32. The van der Waals surface area contributed by atoms with Crippen LogP contribution in [-0.4, -0.2) is 9.97 Å². The van der Waals surface area contributed by atoms with Crippen molar-refractivity contribution in [1.29, 1.82) is 0 Å². The zero-order chi connectivity index (χ0) is 45.1. The fraction of sp³-hybridized carbons (Fsp3) is 0.213. The molecule has 0 amide bonds. The lowest BCUT2D eigenvalue weighted by Gasteiger charge is -2.47. The molecule has 1 atom stereocenters. The third kappa shape index (κ3) is 8.60. The standard InChI is InChI=1S/C54H45N3.C4H10.C3H6/c1-34(2)44-30-40(21-20-35(44)3)41-26-29-50-45(31-41)48-33-51(43-18-12-13-19-47(43)54(48,4)5)57(50)42-27-28-49-46(32-42)52(56-53(55-49)39-16-10-7-11-17-39)38-24-22-37(23-25-38)36-14-8-6-9-15-36;1-4(2)3;1-3-2/h6-34,51H,1-5H3;4H,1-3H3;3H,1H2,2H3. The van der Waals surface area contributed by atoms with Crippen molar-refractivity contribution in [3.05, 3.63) is 210 Å². The molecule has 1 unspecified atom stereocenters. The summed E-state index contributed by atoms with van der Waals surface area (Å²) in [5.41, 5.74) is 19.1. The van der Waals surface area contributed by atoms with Crippen molar-refractivity contribution in [2.24, 2.45) is 5.92 Å². The highest BCUT2D eigenvalue weighted by molar-refractivity contribution is 5.99. The quantitative estimate of drug-likeness (QED) is 0.156. The largest absolute Gasteiger partial charge is 0.330 e. The highest BCUT2D eigenvalue weighted by atomic mass is 15.2. The minimum Gasteiger partial charge on any atom is -0.330 e. The summed E-state index contributed by atoms with van der Waals surface area (Å²) in [6, 6.07) is 59.5. The minimum absolute atomic E-state index is 0.0325. The lowest BCUT2D eigenvalue weighted by molar-refractivity contribution is 0.634. The van der Waals surface area contributed by atoms with Gasteiger partial charge in [-0.1, -0.05) is 194 Å². The molecule has 3 nitrogen and oxygen atoms in total. The van der Waals surface area contributed by atoms with E-state index in [9.17, 15) is 0 Å². The number of benzene rings is 7. The molecule has 2 heterocycles. The molecular weight excluding hydrogens is 775 g/mol. The van der Waals surface area contributed by atoms with Gasteiger partial charge in [0.25, 0.3) is 0 Å². The van der Waals surface area contributed by atoms with E-state index < -0.39 is 0 Å². The van der Waals surface area contributed by atoms with Crippen molar-refractivity contribution in [2.75, 3.05) is 4.90 Å². The van der Waals surface area contributed by atoms with Gasteiger partial charge < -0.3 is 4.90 Å². The first-order chi connectivity index (χ1) is 30.9. The van der Waals surface area contributed by atoms with Gasteiger partial charge in [0.15, 0.2) is 5.82 Å². The van der Waals surface area contributed by atoms with Gasteiger partial charge in [0.05, 0.1) is 17.3 Å². The highest BCUT2D eigenvalue weighted by Crippen LogP contribution is 2.56. The molecule has 8 aromatic rings. The summed E-state index contributed by atoms with van der Waals surface area (Å²) in [4.78, 5) is 13.0. The Labute approximate surface area is 381 Å². The summed E-state index contributed by atoms with van der Waals surface area (Å²) in [5, 5.41) is 1.03. The van der Waals surface area contributed by atoms with Gasteiger partial charge in [-0.3, -0.25) is 0 Å². The molecule has 10 rings (SSSR count). The average molecular weight is 836 g/mol. The Morgan fingerprint density at radius 3 is 1.84 bits per heavy atom. The van der Waals surface area contributed by atoms with Gasteiger partial charge in [-0.05, 0) is 106 Å². The van der Waals surface area contributed by atoms with Crippen molar-refractivity contribution in [3.8, 4) is 44.9 Å². The van der Waals surface area contributed by atoms with Gasteiger partial charge >= 0.3 is 0 Å². The highest BCUT2D eigenvalue weighted by Gasteiger charge is 2.42. The number of fused-ring (bicyclic) bond motifs is 6. The number of anilines is 2. The SMILES string of the molecule is C=CC.CC(C)C.Cc1ccc(-c2ccc3c(c2)C2=CC(c4ccccc4C2(C)C)N3c2ccc3nc(-c4ccccc4)nc(-c4ccc(-c5ccccc5)cc4)c3c2)cc1C(C)C. The fourth-order valence-corrected chi connectivity index (χ4v) is 9.25. The predicted octanol–water partition coefficient (Wildman–Crippen LogP) is 17.2. The van der Waals surface area contributed by atoms with Crippen LogP contribution in [0.2, 0.25) is 0 Å². The maximum Gasteiger partial charge on any atom is 0.160 e. The van der Waals surface area contributed by atoms with Gasteiger partial charge in [-0.25, -0.2) is 9.97 Å². The Balaban J connectivity index is 0.000000750. The van der Waals surface area contributed by atoms with Crippen LogP contribution in [0.3, 0.4) is 0 Å². The first kappa shape index (κ1) is 43.8. The molecule has 0 N–H and O–H groups in total. The molecule has 7 aromatic carbocycles. The Bertz CT molecular complexity index is 2950. The summed E-state index contributed by atoms with van der Waals surface area (Å²) >= 11 is 0. The van der Waals surface area contributed by atoms with Gasteiger partial charge in [-0.2, -0.15) is 0 Å². The number of allylic oxidation sites excluding steroid dienone is 2. The molecule has 1 aliphatic heterocycles. The van der Waals surface area contributed by atoms with Crippen LogP contribution in [0.15, 0.2) is 183 Å². The Morgan fingerprint density at radius 2 is 1.17 bits per heavy atom. The van der Waals surface area contributed by atoms with E-state index in [0.29, 0.717) is 5.92 Å². The van der Waals surface area contributed by atoms with E-state index in [1.54, 1.807) is 6.08 Å². The monoisotopic (exact) mass is 835 g/mol. The van der Waals surface area contributed by atoms with Crippen LogP contribution in [0, 0.1) is 12.8 Å². The molecule has 0 spiro atoms. The summed E-state index contributed by atoms with van der Waals surface area (Å²) in [7, 11) is 0. The van der Waals surface area contributed by atoms with E-state index in [1.807, 2.05) is 25.1 Å². The van der Waals surface area contributed by atoms with Crippen molar-refractivity contribution >= 4 is 27.9 Å². The summed E-state index contributed by atoms with van der Waals surface area (Å²) < 4.78 is 0. The predicted molar refractivity (Wildman–Crippen MR) is 275 cm³/mol. The van der Waals surface area contributed by atoms with Crippen molar-refractivity contribution in [1.82, 2.24) is 9.97 Å². The second-order valence-corrected chi connectivity index (χ2v) is 18.6. The molecule has 0 radical (unpaired) electrons. The van der Waals surface area contributed by atoms with Crippen LogP contribution in [0.5, 0.6) is 0 Å². The van der Waals surface area contributed by atoms with Crippen LogP contribution >= 0.6 is 0 Å². The van der Waals surface area contributed by atoms with Crippen LogP contribution < -0.4 is 4.90 Å². The smallest absolute Gasteiger partial charge is 0.160 e. The lowest BCUT2D eigenvalue weighted by Crippen LogP contribution is -2.36. The van der Waals surface area contributed by atoms with E-state index in [4.69, 9.17) is 9.97 Å². The van der Waals surface area contributed by atoms with E-state index in [-0.39, 0.29) is 11.5 Å². The zero-order valence-electron chi connectivity index (χ0n) is 39.0. The molecule has 0 saturated carbocycles. The normalized spacial score (nSPS) is 14.4. The van der Waals surface area contributed by atoms with Crippen LogP contribution in [0.25, 0.3) is 61.4 Å². The van der Waals surface area contributed by atoms with Crippen molar-refractivity contribution in [3.63, 3.8) is 0 Å². The van der Waals surface area contributed by atoms with Gasteiger partial charge in [0, 0.05) is 38.9 Å². The molecular formula is C61H61N3. The Kier molecular flexibility index (Phi) is 12.6. The summed E-state index contributed by atoms with van der Waals surface area (Å²) in [6.45, 7) is 23.3. The first-order valence-corrected chi connectivity index (χ1v) is 22.9. The molecule has 320 valence electrons. The third-order valence-corrected chi connectivity index (χ3v) is 12.3. The van der Waals surface area contributed by atoms with Gasteiger partial charge in [0.1, 0.15) is 0 Å². The zero-order valence-corrected chi connectivity index (χ0v) is 39.0. The third-order valence-electron chi connectivity index (χ3n) is 12.3. The van der Waals surface area contributed by atoms with E-state index in [0.717, 1.165) is 45.2 Å². The molecule has 0 saturated heterocycles. The first-order valence-electron chi connectivity index (χ1n) is 22.9. The van der Waals surface area contributed by atoms with Crippen molar-refractivity contribution in [2.45, 2.75) is 79.7 Å². The minimum atomic E-state index is -0.160. The van der Waals surface area contributed by atoms with Gasteiger partial charge in [0.2, 0.25) is 0 Å². The van der Waals surface area contributed by atoms with Crippen LogP contribution in [0.1, 0.15) is 95.2 Å². The molecule has 2 aliphatic rings. The fourth-order valence-electron chi connectivity index (χ4n) is 9.25. The average Bonchev–Trinajstić information content (AvgIpc) is 3.31. The summed E-state index contributed by atoms with van der Waals surface area (Å²) in [5.74, 6) is 2.02. The van der Waals surface area contributed by atoms with Gasteiger partial charge in [-0.15, -0.1) is 6.58 Å². The number of hydrogen-bond acceptors (Lipinski definition) is 3. The molecule has 2 bridgehead atoms. The molecule has 1 aromatic heterocycles. The second-order valence-electron chi connectivity index (χ2n) is 18.6. The second kappa shape index (κ2) is 18.5. The Morgan fingerprint density at radius 1 is 0.609 bits per heavy atom. The summed E-state index contributed by atoms with van der Waals surface area (Å²) in [6.07, 6.45) is 4.27. The number of hydrogen-bond donors (Lipinski definition) is 0. The van der Waals surface area contributed by atoms with Crippen LogP contribution in [-0.2, 0) is 5.41 Å². The van der Waals surface area contributed by atoms with E-state index in [1.165, 1.54) is 61.3 Å². The van der Waals surface area contributed by atoms with E-state index in [2.05, 4.69) is 219 Å². The molecule has 1 aliphatic carbocycles. The number of rotatable bonds is 6. The number of nitrogens with zero attached hydrogens (tertiary/aromatic N) is 3. The van der Waals surface area contributed by atoms with Crippen LogP contribution in [0.4, 0.5) is 11.4 Å². The van der Waals surface area contributed by atoms with E-state index >= 15 is 0 Å².